The van der Waals surface area contributed by atoms with Crippen LogP contribution in [-0.4, -0.2) is 31.7 Å². The maximum absolute atomic E-state index is 13.7. The minimum atomic E-state index is -0.871. The van der Waals surface area contributed by atoms with Crippen LogP contribution in [0, 0.1) is 5.82 Å². The Bertz CT molecular complexity index is 450. The second-order valence-corrected chi connectivity index (χ2v) is 5.02. The molecule has 0 aromatic heterocycles. The summed E-state index contributed by atoms with van der Waals surface area (Å²) < 4.78 is 24.3. The van der Waals surface area contributed by atoms with Gasteiger partial charge in [0.15, 0.2) is 5.78 Å². The quantitative estimate of drug-likeness (QED) is 0.854. The summed E-state index contributed by atoms with van der Waals surface area (Å²) in [6.45, 7) is 0.954. The van der Waals surface area contributed by atoms with Gasteiger partial charge in [-0.2, -0.15) is 0 Å². The molecule has 1 saturated heterocycles. The van der Waals surface area contributed by atoms with Crippen molar-refractivity contribution in [2.75, 3.05) is 20.3 Å². The van der Waals surface area contributed by atoms with Gasteiger partial charge in [-0.1, -0.05) is 17.7 Å². The van der Waals surface area contributed by atoms with Gasteiger partial charge in [-0.15, -0.1) is 0 Å². The van der Waals surface area contributed by atoms with Crippen molar-refractivity contribution in [2.24, 2.45) is 0 Å². The lowest BCUT2D eigenvalue weighted by Crippen LogP contribution is -2.46. The third-order valence-electron chi connectivity index (χ3n) is 3.60. The molecule has 3 nitrogen and oxygen atoms in total. The zero-order chi connectivity index (χ0) is 13.9. The number of Topliss-reactive ketones (excluding diaryl/α,β-unsaturated/α-hetero) is 1. The average molecular weight is 287 g/mol. The highest BCUT2D eigenvalue weighted by atomic mass is 35.5. The first-order chi connectivity index (χ1) is 9.09. The van der Waals surface area contributed by atoms with Crippen LogP contribution in [0.2, 0.25) is 5.02 Å². The highest BCUT2D eigenvalue weighted by Gasteiger charge is 2.40. The number of ketones is 1. The van der Waals surface area contributed by atoms with E-state index in [9.17, 15) is 9.18 Å². The molecule has 5 heteroatoms. The van der Waals surface area contributed by atoms with Crippen molar-refractivity contribution in [1.29, 1.82) is 0 Å². The van der Waals surface area contributed by atoms with Crippen molar-refractivity contribution in [1.82, 2.24) is 0 Å². The Morgan fingerprint density at radius 1 is 1.47 bits per heavy atom. The summed E-state index contributed by atoms with van der Waals surface area (Å²) in [5.41, 5.74) is -0.638. The number of carbonyl (C=O) groups is 1. The summed E-state index contributed by atoms with van der Waals surface area (Å²) in [6, 6.07) is 4.40. The van der Waals surface area contributed by atoms with Gasteiger partial charge in [0.25, 0.3) is 0 Å². The van der Waals surface area contributed by atoms with E-state index >= 15 is 0 Å². The Hall–Kier alpha value is -0.970. The number of rotatable bonds is 4. The molecule has 0 atom stereocenters. The van der Waals surface area contributed by atoms with Crippen molar-refractivity contribution in [3.63, 3.8) is 0 Å². The number of benzene rings is 1. The van der Waals surface area contributed by atoms with E-state index in [1.807, 2.05) is 0 Å². The van der Waals surface area contributed by atoms with Crippen molar-refractivity contribution in [2.45, 2.75) is 24.9 Å². The summed E-state index contributed by atoms with van der Waals surface area (Å²) in [4.78, 5) is 12.4. The molecule has 0 spiro atoms. The predicted octanol–water partition coefficient (Wildman–Crippen LogP) is 2.79. The smallest absolute Gasteiger partial charge is 0.169 e. The molecule has 1 fully saturated rings. The van der Waals surface area contributed by atoms with Gasteiger partial charge < -0.3 is 9.47 Å². The van der Waals surface area contributed by atoms with Gasteiger partial charge in [0, 0.05) is 50.2 Å². The van der Waals surface area contributed by atoms with Crippen LogP contribution < -0.4 is 0 Å². The minimum Gasteiger partial charge on any atom is -0.381 e. The van der Waals surface area contributed by atoms with E-state index in [2.05, 4.69) is 0 Å². The van der Waals surface area contributed by atoms with E-state index in [1.165, 1.54) is 19.2 Å². The molecule has 0 aliphatic carbocycles. The maximum atomic E-state index is 13.7. The van der Waals surface area contributed by atoms with Gasteiger partial charge >= 0.3 is 0 Å². The average Bonchev–Trinajstić information content (AvgIpc) is 2.43. The number of methoxy groups -OCH3 is 1. The topological polar surface area (TPSA) is 35.5 Å². The summed E-state index contributed by atoms with van der Waals surface area (Å²) in [5.74, 6) is -0.607. The molecular formula is C14H16ClFO3. The minimum absolute atomic E-state index is 0.0562. The van der Waals surface area contributed by atoms with E-state index in [1.54, 1.807) is 6.07 Å². The fourth-order valence-electron chi connectivity index (χ4n) is 2.32. The monoisotopic (exact) mass is 286 g/mol. The highest BCUT2D eigenvalue weighted by Crippen LogP contribution is 2.29. The van der Waals surface area contributed by atoms with Gasteiger partial charge in [-0.25, -0.2) is 4.39 Å². The molecular weight excluding hydrogens is 271 g/mol. The Kier molecular flexibility index (Phi) is 4.55. The van der Waals surface area contributed by atoms with Crippen LogP contribution in [0.5, 0.6) is 0 Å². The summed E-state index contributed by atoms with van der Waals surface area (Å²) >= 11 is 5.94. The van der Waals surface area contributed by atoms with Crippen LogP contribution in [0.3, 0.4) is 0 Å². The lowest BCUT2D eigenvalue weighted by atomic mass is 9.86. The second-order valence-electron chi connectivity index (χ2n) is 4.61. The predicted molar refractivity (Wildman–Crippen MR) is 69.9 cm³/mol. The van der Waals surface area contributed by atoms with E-state index in [-0.39, 0.29) is 22.8 Å². The third kappa shape index (κ3) is 2.96. The molecule has 0 bridgehead atoms. The van der Waals surface area contributed by atoms with Crippen LogP contribution in [0.4, 0.5) is 4.39 Å². The fourth-order valence-corrected chi connectivity index (χ4v) is 2.55. The van der Waals surface area contributed by atoms with E-state index in [4.69, 9.17) is 21.1 Å². The molecule has 1 aliphatic rings. The molecule has 0 radical (unpaired) electrons. The Balaban J connectivity index is 2.20. The molecule has 1 aromatic rings. The molecule has 0 saturated carbocycles. The number of hydrogen-bond donors (Lipinski definition) is 0. The zero-order valence-corrected chi connectivity index (χ0v) is 11.5. The normalized spacial score (nSPS) is 18.3. The van der Waals surface area contributed by atoms with Crippen LogP contribution in [-0.2, 0) is 20.7 Å². The molecule has 1 aromatic carbocycles. The highest BCUT2D eigenvalue weighted by molar-refractivity contribution is 6.31. The van der Waals surface area contributed by atoms with Gasteiger partial charge in [0.05, 0.1) is 0 Å². The van der Waals surface area contributed by atoms with E-state index < -0.39 is 11.4 Å². The Morgan fingerprint density at radius 3 is 2.74 bits per heavy atom. The molecule has 0 amide bonds. The number of halogens is 2. The largest absolute Gasteiger partial charge is 0.381 e. The van der Waals surface area contributed by atoms with Gasteiger partial charge in [0.2, 0.25) is 0 Å². The van der Waals surface area contributed by atoms with Crippen molar-refractivity contribution >= 4 is 17.4 Å². The van der Waals surface area contributed by atoms with Crippen molar-refractivity contribution < 1.29 is 18.7 Å². The van der Waals surface area contributed by atoms with Crippen molar-refractivity contribution in [3.8, 4) is 0 Å². The number of carbonyl (C=O) groups excluding carboxylic acids is 1. The van der Waals surface area contributed by atoms with Crippen LogP contribution in [0.25, 0.3) is 0 Å². The standard InChI is InChI=1S/C14H16ClFO3/c1-18-14(5-7-19-8-6-14)13(17)9-10-11(15)3-2-4-12(10)16/h2-4H,5-9H2,1H3. The molecule has 2 rings (SSSR count). The van der Waals surface area contributed by atoms with Gasteiger partial charge in [-0.3, -0.25) is 4.79 Å². The third-order valence-corrected chi connectivity index (χ3v) is 3.95. The molecule has 1 aliphatic heterocycles. The molecule has 104 valence electrons. The van der Waals surface area contributed by atoms with Crippen LogP contribution >= 0.6 is 11.6 Å². The summed E-state index contributed by atoms with van der Waals surface area (Å²) in [5, 5.41) is 0.270. The number of ether oxygens (including phenoxy) is 2. The summed E-state index contributed by atoms with van der Waals surface area (Å²) in [7, 11) is 1.51. The molecule has 0 unspecified atom stereocenters. The van der Waals surface area contributed by atoms with Gasteiger partial charge in [-0.05, 0) is 12.1 Å². The van der Waals surface area contributed by atoms with E-state index in [0.29, 0.717) is 26.1 Å². The molecule has 0 N–H and O–H groups in total. The summed E-state index contributed by atoms with van der Waals surface area (Å²) in [6.07, 6.45) is 0.933. The molecule has 1 heterocycles. The Labute approximate surface area is 116 Å². The molecule has 19 heavy (non-hydrogen) atoms. The zero-order valence-electron chi connectivity index (χ0n) is 10.7. The Morgan fingerprint density at radius 2 is 2.16 bits per heavy atom. The van der Waals surface area contributed by atoms with Crippen LogP contribution in [0.15, 0.2) is 18.2 Å². The maximum Gasteiger partial charge on any atom is 0.169 e. The lowest BCUT2D eigenvalue weighted by Gasteiger charge is -2.34. The lowest BCUT2D eigenvalue weighted by molar-refractivity contribution is -0.152. The van der Waals surface area contributed by atoms with Crippen LogP contribution in [0.1, 0.15) is 18.4 Å². The fraction of sp³-hybridized carbons (Fsp3) is 0.500. The first-order valence-corrected chi connectivity index (χ1v) is 6.56. The number of hydrogen-bond acceptors (Lipinski definition) is 3. The van der Waals surface area contributed by atoms with E-state index in [0.717, 1.165) is 0 Å². The SMILES string of the molecule is COC1(C(=O)Cc2c(F)cccc2Cl)CCOCC1. The van der Waals surface area contributed by atoms with Crippen molar-refractivity contribution in [3.05, 3.63) is 34.6 Å². The second kappa shape index (κ2) is 5.99. The first kappa shape index (κ1) is 14.4. The first-order valence-electron chi connectivity index (χ1n) is 6.18. The van der Waals surface area contributed by atoms with Gasteiger partial charge in [0.1, 0.15) is 11.4 Å².